The number of nitrogens with zero attached hydrogens (tertiary/aromatic N) is 4. The van der Waals surface area contributed by atoms with E-state index in [4.69, 9.17) is 30.3 Å². The molecular formula is C18H28N6O10P2S. The van der Waals surface area contributed by atoms with Crippen molar-refractivity contribution in [3.63, 3.8) is 0 Å². The number of hydrogen-bond acceptors (Lipinski definition) is 13. The zero-order chi connectivity index (χ0) is 27.8. The molecule has 2 N–H and O–H groups in total. The molecule has 1 aromatic heterocycles. The fraction of sp³-hybridized carbons (Fsp3) is 0.556. The second kappa shape index (κ2) is 13.3. The minimum absolute atomic E-state index is 0.00128. The van der Waals surface area contributed by atoms with Gasteiger partial charge in [0, 0.05) is 6.07 Å². The van der Waals surface area contributed by atoms with Crippen molar-refractivity contribution in [2.75, 3.05) is 31.9 Å². The molecule has 0 aliphatic carbocycles. The summed E-state index contributed by atoms with van der Waals surface area (Å²) in [7, 11) is -8.91. The molecule has 1 heterocycles. The Bertz CT molecular complexity index is 1200. The third kappa shape index (κ3) is 7.08. The first-order chi connectivity index (χ1) is 17.5. The smallest absolute Gasteiger partial charge is 0.313 e. The predicted molar refractivity (Wildman–Crippen MR) is 135 cm³/mol. The number of nitro benzene ring substituents is 2. The standard InChI is InChI=1S/C18H28N6O10P2S/c1-5-31-35(29,32-6-2)17(36(30,33-7-3)34-8-4)16(21-22-12-19-20-18(22)37)14-10-9-13(23(25)26)11-15(14)24(27)28/h9-12,16-17,21H,5-8H2,1-4H3,(H,20,37). The molecule has 0 saturated heterocycles. The van der Waals surface area contributed by atoms with Crippen LogP contribution in [0.1, 0.15) is 39.3 Å². The number of benzene rings is 1. The minimum atomic E-state index is -4.46. The van der Waals surface area contributed by atoms with Gasteiger partial charge in [0.2, 0.25) is 4.77 Å². The van der Waals surface area contributed by atoms with Gasteiger partial charge < -0.3 is 23.5 Å². The molecule has 206 valence electrons. The Balaban J connectivity index is 2.99. The van der Waals surface area contributed by atoms with Gasteiger partial charge in [-0.05, 0) is 46.0 Å². The zero-order valence-electron chi connectivity index (χ0n) is 20.5. The van der Waals surface area contributed by atoms with Crippen LogP contribution in [0.4, 0.5) is 11.4 Å². The largest absolute Gasteiger partial charge is 0.348 e. The molecule has 19 heteroatoms. The SMILES string of the molecule is CCOP(=O)(OCC)C(C(Nn1cn[nH]c1=S)c1ccc([N+](=O)[O-])cc1[N+](=O)[O-])P(=O)(OCC)OCC. The molecule has 0 aliphatic heterocycles. The molecule has 0 aliphatic rings. The molecule has 0 bridgehead atoms. The van der Waals surface area contributed by atoms with Gasteiger partial charge in [-0.15, -0.1) is 0 Å². The summed E-state index contributed by atoms with van der Waals surface area (Å²) in [5.74, 6) is 0. The summed E-state index contributed by atoms with van der Waals surface area (Å²) in [4.78, 5) is 21.7. The van der Waals surface area contributed by atoms with Crippen molar-refractivity contribution in [3.05, 3.63) is 55.1 Å². The molecule has 1 aromatic carbocycles. The maximum absolute atomic E-state index is 14.2. The van der Waals surface area contributed by atoms with E-state index in [1.165, 1.54) is 34.0 Å². The van der Waals surface area contributed by atoms with E-state index in [9.17, 15) is 29.4 Å². The second-order valence-corrected chi connectivity index (χ2v) is 12.2. The van der Waals surface area contributed by atoms with E-state index in [1.807, 2.05) is 0 Å². The third-order valence-electron chi connectivity index (χ3n) is 4.77. The average molecular weight is 582 g/mol. The molecule has 2 rings (SSSR count). The molecule has 0 spiro atoms. The Kier molecular flexibility index (Phi) is 11.1. The van der Waals surface area contributed by atoms with Crippen LogP contribution in [0.2, 0.25) is 0 Å². The van der Waals surface area contributed by atoms with Gasteiger partial charge in [0.1, 0.15) is 12.4 Å². The lowest BCUT2D eigenvalue weighted by Crippen LogP contribution is -2.34. The number of non-ortho nitro benzene ring substituents is 1. The van der Waals surface area contributed by atoms with E-state index in [0.29, 0.717) is 0 Å². The first-order valence-corrected chi connectivity index (χ1v) is 14.7. The van der Waals surface area contributed by atoms with E-state index in [-0.39, 0.29) is 36.8 Å². The van der Waals surface area contributed by atoms with Crippen molar-refractivity contribution >= 4 is 38.8 Å². The lowest BCUT2D eigenvalue weighted by atomic mass is 10.1. The number of H-pyrrole nitrogens is 1. The minimum Gasteiger partial charge on any atom is -0.313 e. The first kappa shape index (κ1) is 30.7. The molecule has 1 atom stereocenters. The number of aromatic amines is 1. The monoisotopic (exact) mass is 582 g/mol. The highest BCUT2D eigenvalue weighted by atomic mass is 32.1. The van der Waals surface area contributed by atoms with Crippen molar-refractivity contribution in [2.24, 2.45) is 0 Å². The van der Waals surface area contributed by atoms with Crippen LogP contribution >= 0.6 is 27.4 Å². The van der Waals surface area contributed by atoms with Crippen LogP contribution in [0, 0.1) is 25.0 Å². The van der Waals surface area contributed by atoms with Gasteiger partial charge in [0.25, 0.3) is 11.4 Å². The first-order valence-electron chi connectivity index (χ1n) is 11.1. The lowest BCUT2D eigenvalue weighted by Gasteiger charge is -2.36. The van der Waals surface area contributed by atoms with Crippen LogP contribution in [0.3, 0.4) is 0 Å². The highest BCUT2D eigenvalue weighted by molar-refractivity contribution is 7.72. The summed E-state index contributed by atoms with van der Waals surface area (Å²) in [5, 5.41) is 27.8. The number of rotatable bonds is 16. The third-order valence-corrected chi connectivity index (χ3v) is 11.1. The molecule has 16 nitrogen and oxygen atoms in total. The topological polar surface area (TPSA) is 203 Å². The molecule has 37 heavy (non-hydrogen) atoms. The maximum Gasteiger partial charge on any atom is 0.348 e. The fourth-order valence-corrected chi connectivity index (χ4v) is 9.21. The second-order valence-electron chi connectivity index (χ2n) is 7.06. The molecule has 0 amide bonds. The van der Waals surface area contributed by atoms with Crippen LogP contribution in [-0.2, 0) is 27.2 Å². The summed E-state index contributed by atoms with van der Waals surface area (Å²) in [6.07, 6.45) is 1.18. The van der Waals surface area contributed by atoms with E-state index in [0.717, 1.165) is 22.9 Å². The quantitative estimate of drug-likeness (QED) is 0.117. The van der Waals surface area contributed by atoms with Crippen molar-refractivity contribution < 1.29 is 37.1 Å². The van der Waals surface area contributed by atoms with Crippen LogP contribution < -0.4 is 5.43 Å². The maximum atomic E-state index is 14.2. The lowest BCUT2D eigenvalue weighted by molar-refractivity contribution is -0.394. The summed E-state index contributed by atoms with van der Waals surface area (Å²) in [5.41, 5.74) is 1.27. The Morgan fingerprint density at radius 2 is 1.51 bits per heavy atom. The number of hydrogen-bond donors (Lipinski definition) is 2. The highest BCUT2D eigenvalue weighted by Gasteiger charge is 2.57. The predicted octanol–water partition coefficient (Wildman–Crippen LogP) is 4.90. The van der Waals surface area contributed by atoms with Crippen LogP contribution in [-0.4, -0.2) is 56.5 Å². The van der Waals surface area contributed by atoms with E-state index in [1.54, 1.807) is 0 Å². The molecular weight excluding hydrogens is 554 g/mol. The van der Waals surface area contributed by atoms with Crippen molar-refractivity contribution in [1.29, 1.82) is 0 Å². The highest BCUT2D eigenvalue weighted by Crippen LogP contribution is 2.73. The van der Waals surface area contributed by atoms with Crippen molar-refractivity contribution in [2.45, 2.75) is 39.1 Å². The number of nitro groups is 2. The Labute approximate surface area is 217 Å². The van der Waals surface area contributed by atoms with Crippen LogP contribution in [0.5, 0.6) is 0 Å². The van der Waals surface area contributed by atoms with Gasteiger partial charge in [0.05, 0.1) is 47.9 Å². The molecule has 1 unspecified atom stereocenters. The Hall–Kier alpha value is -2.52. The average Bonchev–Trinajstić information content (AvgIpc) is 3.22. The summed E-state index contributed by atoms with van der Waals surface area (Å²) >= 11 is 5.17. The zero-order valence-corrected chi connectivity index (χ0v) is 23.1. The van der Waals surface area contributed by atoms with Crippen molar-refractivity contribution in [1.82, 2.24) is 14.9 Å². The summed E-state index contributed by atoms with van der Waals surface area (Å²) in [6.45, 7) is 5.52. The summed E-state index contributed by atoms with van der Waals surface area (Å²) in [6, 6.07) is 1.25. The van der Waals surface area contributed by atoms with Gasteiger partial charge in [-0.25, -0.2) is 4.68 Å². The Morgan fingerprint density at radius 3 is 1.89 bits per heavy atom. The van der Waals surface area contributed by atoms with Gasteiger partial charge in [0.15, 0.2) is 5.40 Å². The normalized spacial score (nSPS) is 13.0. The van der Waals surface area contributed by atoms with Crippen LogP contribution in [0.25, 0.3) is 0 Å². The summed E-state index contributed by atoms with van der Waals surface area (Å²) < 4.78 is 51.6. The van der Waals surface area contributed by atoms with E-state index >= 15 is 0 Å². The molecule has 0 saturated carbocycles. The fourth-order valence-electron chi connectivity index (χ4n) is 3.49. The van der Waals surface area contributed by atoms with E-state index in [2.05, 4.69) is 15.6 Å². The van der Waals surface area contributed by atoms with Gasteiger partial charge >= 0.3 is 15.2 Å². The molecule has 0 radical (unpaired) electrons. The van der Waals surface area contributed by atoms with Gasteiger partial charge in [-0.1, -0.05) is 0 Å². The van der Waals surface area contributed by atoms with Crippen molar-refractivity contribution in [3.8, 4) is 0 Å². The van der Waals surface area contributed by atoms with Gasteiger partial charge in [-0.2, -0.15) is 5.10 Å². The van der Waals surface area contributed by atoms with Gasteiger partial charge in [-0.3, -0.25) is 34.5 Å². The molecule has 2 aromatic rings. The Morgan fingerprint density at radius 1 is 1.00 bits per heavy atom. The number of aromatic nitrogens is 3. The van der Waals surface area contributed by atoms with Crippen LogP contribution in [0.15, 0.2) is 24.5 Å². The molecule has 0 fully saturated rings. The number of nitrogens with one attached hydrogen (secondary N) is 2. The van der Waals surface area contributed by atoms with E-state index < -0.39 is 47.9 Å².